The molecule has 6 nitrogen and oxygen atoms in total. The number of ether oxygens (including phenoxy) is 1. The minimum Gasteiger partial charge on any atom is -0.497 e. The number of benzene rings is 2. The van der Waals surface area contributed by atoms with Crippen molar-refractivity contribution in [2.24, 2.45) is 0 Å². The van der Waals surface area contributed by atoms with Gasteiger partial charge in [0.25, 0.3) is 5.91 Å². The smallest absolute Gasteiger partial charge is 0.253 e. The van der Waals surface area contributed by atoms with E-state index in [0.29, 0.717) is 40.6 Å². The summed E-state index contributed by atoms with van der Waals surface area (Å²) >= 11 is 6.01. The van der Waals surface area contributed by atoms with Crippen LogP contribution in [-0.4, -0.2) is 31.3 Å². The Morgan fingerprint density at radius 1 is 1.03 bits per heavy atom. The topological polar surface area (TPSA) is 84.5 Å². The number of Topliss-reactive ketones (excluding diaryl/α,β-unsaturated/α-hetero) is 1. The minimum absolute atomic E-state index is 0.0390. The second kappa shape index (κ2) is 11.2. The maximum absolute atomic E-state index is 12.3. The van der Waals surface area contributed by atoms with Crippen LogP contribution in [0, 0.1) is 0 Å². The zero-order valence-electron chi connectivity index (χ0n) is 16.6. The summed E-state index contributed by atoms with van der Waals surface area (Å²) in [5.74, 6) is 0.0944. The molecular weight excluding hydrogens is 392 g/mol. The van der Waals surface area contributed by atoms with E-state index in [0.717, 1.165) is 6.42 Å². The Morgan fingerprint density at radius 2 is 1.76 bits per heavy atom. The molecule has 154 valence electrons. The zero-order chi connectivity index (χ0) is 21.2. The predicted molar refractivity (Wildman–Crippen MR) is 114 cm³/mol. The molecule has 0 aliphatic carbocycles. The first kappa shape index (κ1) is 22.4. The quantitative estimate of drug-likeness (QED) is 0.559. The molecule has 0 saturated heterocycles. The lowest BCUT2D eigenvalue weighted by molar-refractivity contribution is -0.116. The number of halogens is 1. The summed E-state index contributed by atoms with van der Waals surface area (Å²) < 4.78 is 5.07. The molecular formula is C22H25ClN2O4. The molecule has 0 aliphatic heterocycles. The van der Waals surface area contributed by atoms with Crippen molar-refractivity contribution in [1.82, 2.24) is 5.32 Å². The molecule has 2 aromatic rings. The monoisotopic (exact) mass is 416 g/mol. The van der Waals surface area contributed by atoms with Gasteiger partial charge in [-0.1, -0.05) is 18.5 Å². The Hall–Kier alpha value is -2.86. The number of anilines is 1. The Bertz CT molecular complexity index is 866. The van der Waals surface area contributed by atoms with Crippen LogP contribution in [0.15, 0.2) is 42.5 Å². The van der Waals surface area contributed by atoms with Gasteiger partial charge in [0.05, 0.1) is 18.4 Å². The summed E-state index contributed by atoms with van der Waals surface area (Å²) in [6.45, 7) is 2.50. The highest BCUT2D eigenvalue weighted by Crippen LogP contribution is 2.22. The number of carbonyl (C=O) groups is 3. The first-order valence-electron chi connectivity index (χ1n) is 9.49. The van der Waals surface area contributed by atoms with Crippen molar-refractivity contribution in [1.29, 1.82) is 0 Å². The maximum atomic E-state index is 12.3. The van der Waals surface area contributed by atoms with Crippen molar-refractivity contribution < 1.29 is 19.1 Å². The van der Waals surface area contributed by atoms with Crippen molar-refractivity contribution in [2.45, 2.75) is 32.6 Å². The van der Waals surface area contributed by atoms with E-state index in [2.05, 4.69) is 10.6 Å². The van der Waals surface area contributed by atoms with Gasteiger partial charge in [0.15, 0.2) is 5.78 Å². The maximum Gasteiger partial charge on any atom is 0.253 e. The lowest BCUT2D eigenvalue weighted by Gasteiger charge is -2.12. The van der Waals surface area contributed by atoms with E-state index in [9.17, 15) is 14.4 Å². The van der Waals surface area contributed by atoms with E-state index in [1.165, 1.54) is 0 Å². The van der Waals surface area contributed by atoms with E-state index in [1.807, 2.05) is 6.92 Å². The molecule has 2 N–H and O–H groups in total. The summed E-state index contributed by atoms with van der Waals surface area (Å²) in [5.41, 5.74) is 1.29. The van der Waals surface area contributed by atoms with Crippen LogP contribution in [0.3, 0.4) is 0 Å². The normalized spacial score (nSPS) is 10.3. The molecule has 2 aromatic carbocycles. The van der Waals surface area contributed by atoms with Crippen LogP contribution in [0.1, 0.15) is 53.3 Å². The highest BCUT2D eigenvalue weighted by molar-refractivity contribution is 6.31. The molecule has 7 heteroatoms. The van der Waals surface area contributed by atoms with E-state index in [1.54, 1.807) is 49.6 Å². The van der Waals surface area contributed by atoms with Crippen molar-refractivity contribution in [3.05, 3.63) is 58.6 Å². The van der Waals surface area contributed by atoms with Gasteiger partial charge in [-0.05, 0) is 55.3 Å². The van der Waals surface area contributed by atoms with Crippen LogP contribution >= 0.6 is 11.6 Å². The average molecular weight is 417 g/mol. The van der Waals surface area contributed by atoms with Gasteiger partial charge in [0, 0.05) is 30.0 Å². The molecule has 0 fully saturated rings. The number of nitrogens with one attached hydrogen (secondary N) is 2. The van der Waals surface area contributed by atoms with Gasteiger partial charge in [-0.2, -0.15) is 0 Å². The zero-order valence-corrected chi connectivity index (χ0v) is 17.3. The fourth-order valence-electron chi connectivity index (χ4n) is 2.70. The Kier molecular flexibility index (Phi) is 8.68. The molecule has 0 bridgehead atoms. The lowest BCUT2D eigenvalue weighted by Crippen LogP contribution is -2.25. The van der Waals surface area contributed by atoms with E-state index in [4.69, 9.17) is 16.3 Å². The first-order chi connectivity index (χ1) is 13.9. The summed E-state index contributed by atoms with van der Waals surface area (Å²) in [7, 11) is 1.56. The molecule has 0 aromatic heterocycles. The molecule has 2 rings (SSSR count). The van der Waals surface area contributed by atoms with Gasteiger partial charge in [0.1, 0.15) is 5.75 Å². The summed E-state index contributed by atoms with van der Waals surface area (Å²) in [6, 6.07) is 11.6. The molecule has 0 spiro atoms. The summed E-state index contributed by atoms with van der Waals surface area (Å²) in [6.07, 6.45) is 1.61. The van der Waals surface area contributed by atoms with Gasteiger partial charge in [-0.15, -0.1) is 0 Å². The molecule has 0 saturated carbocycles. The number of rotatable bonds is 10. The van der Waals surface area contributed by atoms with Crippen molar-refractivity contribution in [3.8, 4) is 5.75 Å². The Morgan fingerprint density at radius 3 is 2.41 bits per heavy atom. The van der Waals surface area contributed by atoms with Crippen LogP contribution < -0.4 is 15.4 Å². The van der Waals surface area contributed by atoms with E-state index in [-0.39, 0.29) is 30.4 Å². The molecule has 0 heterocycles. The number of methoxy groups -OCH3 is 1. The number of carbonyl (C=O) groups excluding carboxylic acids is 3. The van der Waals surface area contributed by atoms with Crippen LogP contribution in [0.4, 0.5) is 5.69 Å². The molecule has 0 atom stereocenters. The van der Waals surface area contributed by atoms with Crippen molar-refractivity contribution in [3.63, 3.8) is 0 Å². The second-order valence-electron chi connectivity index (χ2n) is 6.50. The number of amides is 2. The van der Waals surface area contributed by atoms with Gasteiger partial charge < -0.3 is 15.4 Å². The number of ketones is 1. The summed E-state index contributed by atoms with van der Waals surface area (Å²) in [4.78, 5) is 36.8. The van der Waals surface area contributed by atoms with Crippen LogP contribution in [-0.2, 0) is 4.79 Å². The number of hydrogen-bond donors (Lipinski definition) is 2. The van der Waals surface area contributed by atoms with Gasteiger partial charge in [-0.25, -0.2) is 0 Å². The van der Waals surface area contributed by atoms with Crippen molar-refractivity contribution in [2.75, 3.05) is 19.0 Å². The largest absolute Gasteiger partial charge is 0.497 e. The highest BCUT2D eigenvalue weighted by atomic mass is 35.5. The lowest BCUT2D eigenvalue weighted by atomic mass is 10.1. The van der Waals surface area contributed by atoms with Gasteiger partial charge in [0.2, 0.25) is 5.91 Å². The third kappa shape index (κ3) is 6.91. The summed E-state index contributed by atoms with van der Waals surface area (Å²) in [5, 5.41) is 5.92. The molecule has 0 radical (unpaired) electrons. The Labute approximate surface area is 175 Å². The molecule has 29 heavy (non-hydrogen) atoms. The number of hydrogen-bond acceptors (Lipinski definition) is 4. The SMILES string of the molecule is CCCNC(=O)c1ccc(Cl)cc1NC(=O)CCCC(=O)c1ccc(OC)cc1. The van der Waals surface area contributed by atoms with Crippen molar-refractivity contribution >= 4 is 34.9 Å². The molecule has 2 amide bonds. The highest BCUT2D eigenvalue weighted by Gasteiger charge is 2.14. The Balaban J connectivity index is 1.90. The fraction of sp³-hybridized carbons (Fsp3) is 0.318. The van der Waals surface area contributed by atoms with E-state index >= 15 is 0 Å². The molecule has 0 aliphatic rings. The predicted octanol–water partition coefficient (Wildman–Crippen LogP) is 4.48. The van der Waals surface area contributed by atoms with Crippen LogP contribution in [0.2, 0.25) is 5.02 Å². The van der Waals surface area contributed by atoms with E-state index < -0.39 is 0 Å². The standard InChI is InChI=1S/C22H25ClN2O4/c1-3-13-24-22(28)18-12-9-16(23)14-19(18)25-21(27)6-4-5-20(26)15-7-10-17(29-2)11-8-15/h7-12,14H,3-6,13H2,1-2H3,(H,24,28)(H,25,27). The molecule has 0 unspecified atom stereocenters. The third-order valence-electron chi connectivity index (χ3n) is 4.26. The van der Waals surface area contributed by atoms with Crippen LogP contribution in [0.25, 0.3) is 0 Å². The first-order valence-corrected chi connectivity index (χ1v) is 9.87. The second-order valence-corrected chi connectivity index (χ2v) is 6.94. The minimum atomic E-state index is -0.278. The third-order valence-corrected chi connectivity index (χ3v) is 4.49. The average Bonchev–Trinajstić information content (AvgIpc) is 2.72. The van der Waals surface area contributed by atoms with Gasteiger partial charge >= 0.3 is 0 Å². The van der Waals surface area contributed by atoms with Gasteiger partial charge in [-0.3, -0.25) is 14.4 Å². The fourth-order valence-corrected chi connectivity index (χ4v) is 2.87. The van der Waals surface area contributed by atoms with Crippen LogP contribution in [0.5, 0.6) is 5.75 Å².